The normalized spacial score (nSPS) is 29.8. The summed E-state index contributed by atoms with van der Waals surface area (Å²) in [5.41, 5.74) is 1.20. The van der Waals surface area contributed by atoms with Crippen molar-refractivity contribution >= 4 is 0 Å². The van der Waals surface area contributed by atoms with Crippen LogP contribution in [0.3, 0.4) is 0 Å². The van der Waals surface area contributed by atoms with Gasteiger partial charge in [0.15, 0.2) is 0 Å². The van der Waals surface area contributed by atoms with Gasteiger partial charge in [0.1, 0.15) is 0 Å². The van der Waals surface area contributed by atoms with Crippen LogP contribution >= 0.6 is 0 Å². The van der Waals surface area contributed by atoms with Crippen LogP contribution in [0.2, 0.25) is 0 Å². The van der Waals surface area contributed by atoms with Crippen LogP contribution in [-0.4, -0.2) is 29.7 Å². The van der Waals surface area contributed by atoms with E-state index >= 15 is 0 Å². The molecule has 0 aliphatic heterocycles. The van der Waals surface area contributed by atoms with Crippen LogP contribution in [0.1, 0.15) is 31.7 Å². The Labute approximate surface area is 103 Å². The third-order valence-corrected chi connectivity index (χ3v) is 3.78. The summed E-state index contributed by atoms with van der Waals surface area (Å²) in [5, 5.41) is 10.0. The van der Waals surface area contributed by atoms with Crippen molar-refractivity contribution in [3.8, 4) is 0 Å². The Bertz CT molecular complexity index is 323. The summed E-state index contributed by atoms with van der Waals surface area (Å²) in [6.45, 7) is 4.15. The molecule has 2 rings (SSSR count). The molecule has 0 spiro atoms. The second-order valence-corrected chi connectivity index (χ2v) is 5.57. The molecule has 3 nitrogen and oxygen atoms in total. The fourth-order valence-corrected chi connectivity index (χ4v) is 2.84. The largest absolute Gasteiger partial charge is 0.472 e. The van der Waals surface area contributed by atoms with Crippen molar-refractivity contribution in [3.63, 3.8) is 0 Å². The van der Waals surface area contributed by atoms with Crippen LogP contribution in [0.25, 0.3) is 0 Å². The highest BCUT2D eigenvalue weighted by Crippen LogP contribution is 2.29. The van der Waals surface area contributed by atoms with Gasteiger partial charge in [-0.2, -0.15) is 0 Å². The van der Waals surface area contributed by atoms with Crippen LogP contribution in [0.15, 0.2) is 23.0 Å². The van der Waals surface area contributed by atoms with Gasteiger partial charge in [0.05, 0.1) is 18.6 Å². The van der Waals surface area contributed by atoms with Gasteiger partial charge in [0.2, 0.25) is 0 Å². The first-order valence-electron chi connectivity index (χ1n) is 6.53. The lowest BCUT2D eigenvalue weighted by Crippen LogP contribution is -2.36. The van der Waals surface area contributed by atoms with E-state index in [9.17, 15) is 5.11 Å². The number of furan rings is 1. The van der Waals surface area contributed by atoms with Crippen LogP contribution in [0.5, 0.6) is 0 Å². The van der Waals surface area contributed by atoms with Gasteiger partial charge in [-0.15, -0.1) is 0 Å². The molecular formula is C14H23NO2. The van der Waals surface area contributed by atoms with E-state index in [-0.39, 0.29) is 6.10 Å². The van der Waals surface area contributed by atoms with E-state index in [0.29, 0.717) is 5.92 Å². The Morgan fingerprint density at radius 2 is 2.29 bits per heavy atom. The third-order valence-electron chi connectivity index (χ3n) is 3.78. The third kappa shape index (κ3) is 3.58. The Balaban J connectivity index is 1.82. The average molecular weight is 237 g/mol. The maximum absolute atomic E-state index is 10.0. The van der Waals surface area contributed by atoms with Crippen molar-refractivity contribution in [2.75, 3.05) is 13.6 Å². The molecule has 1 aromatic rings. The molecule has 1 fully saturated rings. The van der Waals surface area contributed by atoms with Crippen molar-refractivity contribution in [2.45, 2.75) is 38.8 Å². The van der Waals surface area contributed by atoms with Crippen LogP contribution in [0.4, 0.5) is 0 Å². The van der Waals surface area contributed by atoms with Gasteiger partial charge in [-0.05, 0) is 44.2 Å². The number of aliphatic hydroxyl groups excluding tert-OH is 1. The molecule has 1 N–H and O–H groups in total. The van der Waals surface area contributed by atoms with Crippen LogP contribution in [0, 0.1) is 11.8 Å². The standard InChI is InChI=1S/C14H23NO2/c1-11-3-4-14(16)13(7-11)9-15(2)8-12-5-6-17-10-12/h5-6,10-11,13-14,16H,3-4,7-9H2,1-2H3. The summed E-state index contributed by atoms with van der Waals surface area (Å²) in [5.74, 6) is 1.18. The van der Waals surface area contributed by atoms with Crippen molar-refractivity contribution in [2.24, 2.45) is 11.8 Å². The first-order chi connectivity index (χ1) is 8.15. The van der Waals surface area contributed by atoms with E-state index in [2.05, 4.69) is 18.9 Å². The average Bonchev–Trinajstić information content (AvgIpc) is 2.76. The molecule has 0 radical (unpaired) electrons. The molecule has 1 aliphatic carbocycles. The van der Waals surface area contributed by atoms with E-state index in [1.54, 1.807) is 12.5 Å². The molecule has 3 unspecified atom stereocenters. The number of hydrogen-bond donors (Lipinski definition) is 1. The van der Waals surface area contributed by atoms with Gasteiger partial charge in [-0.3, -0.25) is 0 Å². The molecule has 1 saturated carbocycles. The predicted octanol–water partition coefficient (Wildman–Crippen LogP) is 2.51. The SMILES string of the molecule is CC1CCC(O)C(CN(C)Cc2ccoc2)C1. The second-order valence-electron chi connectivity index (χ2n) is 5.57. The molecule has 1 aromatic heterocycles. The maximum Gasteiger partial charge on any atom is 0.0947 e. The predicted molar refractivity (Wildman–Crippen MR) is 67.6 cm³/mol. The lowest BCUT2D eigenvalue weighted by molar-refractivity contribution is 0.0337. The zero-order chi connectivity index (χ0) is 12.3. The fraction of sp³-hybridized carbons (Fsp3) is 0.714. The molecule has 1 heterocycles. The first-order valence-corrected chi connectivity index (χ1v) is 6.53. The summed E-state index contributed by atoms with van der Waals surface area (Å²) in [4.78, 5) is 2.27. The van der Waals surface area contributed by atoms with E-state index in [4.69, 9.17) is 4.42 Å². The summed E-state index contributed by atoms with van der Waals surface area (Å²) in [7, 11) is 2.11. The lowest BCUT2D eigenvalue weighted by atomic mass is 9.80. The van der Waals surface area contributed by atoms with E-state index in [1.807, 2.05) is 6.07 Å². The van der Waals surface area contributed by atoms with Crippen LogP contribution < -0.4 is 0 Å². The molecule has 17 heavy (non-hydrogen) atoms. The van der Waals surface area contributed by atoms with Gasteiger partial charge >= 0.3 is 0 Å². The van der Waals surface area contributed by atoms with Gasteiger partial charge in [-0.25, -0.2) is 0 Å². The second kappa shape index (κ2) is 5.69. The first kappa shape index (κ1) is 12.7. The van der Waals surface area contributed by atoms with Crippen molar-refractivity contribution in [3.05, 3.63) is 24.2 Å². The Morgan fingerprint density at radius 1 is 1.47 bits per heavy atom. The van der Waals surface area contributed by atoms with Gasteiger partial charge in [-0.1, -0.05) is 6.92 Å². The number of rotatable bonds is 4. The van der Waals surface area contributed by atoms with Crippen LogP contribution in [-0.2, 0) is 6.54 Å². The van der Waals surface area contributed by atoms with Crippen molar-refractivity contribution < 1.29 is 9.52 Å². The van der Waals surface area contributed by atoms with Gasteiger partial charge < -0.3 is 14.4 Å². The zero-order valence-electron chi connectivity index (χ0n) is 10.8. The topological polar surface area (TPSA) is 36.6 Å². The smallest absolute Gasteiger partial charge is 0.0947 e. The molecule has 0 bridgehead atoms. The molecule has 96 valence electrons. The highest BCUT2D eigenvalue weighted by Gasteiger charge is 2.27. The summed E-state index contributed by atoms with van der Waals surface area (Å²) < 4.78 is 5.07. The van der Waals surface area contributed by atoms with Crippen molar-refractivity contribution in [1.29, 1.82) is 0 Å². The van der Waals surface area contributed by atoms with E-state index in [0.717, 1.165) is 31.8 Å². The Hall–Kier alpha value is -0.800. The fourth-order valence-electron chi connectivity index (χ4n) is 2.84. The molecule has 3 heteroatoms. The minimum atomic E-state index is -0.113. The van der Waals surface area contributed by atoms with Crippen molar-refractivity contribution in [1.82, 2.24) is 4.90 Å². The molecular weight excluding hydrogens is 214 g/mol. The molecule has 0 amide bonds. The monoisotopic (exact) mass is 237 g/mol. The Morgan fingerprint density at radius 3 is 3.00 bits per heavy atom. The minimum Gasteiger partial charge on any atom is -0.472 e. The Kier molecular flexibility index (Phi) is 4.24. The van der Waals surface area contributed by atoms with E-state index < -0.39 is 0 Å². The highest BCUT2D eigenvalue weighted by molar-refractivity contribution is 5.04. The highest BCUT2D eigenvalue weighted by atomic mass is 16.3. The van der Waals surface area contributed by atoms with E-state index in [1.165, 1.54) is 12.0 Å². The zero-order valence-corrected chi connectivity index (χ0v) is 10.8. The minimum absolute atomic E-state index is 0.113. The van der Waals surface area contributed by atoms with Gasteiger partial charge in [0, 0.05) is 18.7 Å². The maximum atomic E-state index is 10.0. The summed E-state index contributed by atoms with van der Waals surface area (Å²) in [6, 6.07) is 2.00. The quantitative estimate of drug-likeness (QED) is 0.874. The number of aliphatic hydroxyl groups is 1. The van der Waals surface area contributed by atoms with Gasteiger partial charge in [0.25, 0.3) is 0 Å². The molecule has 3 atom stereocenters. The number of hydrogen-bond acceptors (Lipinski definition) is 3. The number of nitrogens with zero attached hydrogens (tertiary/aromatic N) is 1. The lowest BCUT2D eigenvalue weighted by Gasteiger charge is -2.34. The molecule has 0 saturated heterocycles. The summed E-state index contributed by atoms with van der Waals surface area (Å²) in [6.07, 6.45) is 6.67. The summed E-state index contributed by atoms with van der Waals surface area (Å²) >= 11 is 0. The molecule has 0 aromatic carbocycles. The molecule has 1 aliphatic rings.